The number of nitrogens with zero attached hydrogens (tertiary/aromatic N) is 2. The highest BCUT2D eigenvalue weighted by Gasteiger charge is 2.06. The molecule has 1 atom stereocenters. The highest BCUT2D eigenvalue weighted by atomic mass is 127. The third-order valence-corrected chi connectivity index (χ3v) is 1.97. The van der Waals surface area contributed by atoms with Crippen molar-refractivity contribution >= 4 is 34.4 Å². The normalized spacial score (nSPS) is 12.9. The van der Waals surface area contributed by atoms with Gasteiger partial charge in [-0.1, -0.05) is 22.6 Å². The Morgan fingerprint density at radius 1 is 1.55 bits per heavy atom. The summed E-state index contributed by atoms with van der Waals surface area (Å²) in [6.45, 7) is 2.02. The number of hydrogen-bond donors (Lipinski definition) is 2. The van der Waals surface area contributed by atoms with Gasteiger partial charge in [0.05, 0.1) is 0 Å². The summed E-state index contributed by atoms with van der Waals surface area (Å²) in [5.41, 5.74) is 11.8. The number of halogens is 1. The largest absolute Gasteiger partial charge is 0.383 e. The standard InChI is InChI=1S/C6H9IN4/c1-3(7)4-2-10-6(9)11-5(4)8/h2-3H,1H3,(H4,8,9,10,11). The molecule has 5 heteroatoms. The van der Waals surface area contributed by atoms with E-state index in [1.165, 1.54) is 0 Å². The molecule has 0 bridgehead atoms. The number of anilines is 2. The van der Waals surface area contributed by atoms with Gasteiger partial charge in [0.2, 0.25) is 5.95 Å². The maximum Gasteiger partial charge on any atom is 0.221 e. The molecule has 0 saturated heterocycles. The van der Waals surface area contributed by atoms with Crippen LogP contribution in [0.2, 0.25) is 0 Å². The molecule has 0 aromatic carbocycles. The topological polar surface area (TPSA) is 77.8 Å². The van der Waals surface area contributed by atoms with Crippen LogP contribution in [-0.4, -0.2) is 9.97 Å². The first-order valence-electron chi connectivity index (χ1n) is 3.13. The van der Waals surface area contributed by atoms with E-state index >= 15 is 0 Å². The molecule has 1 rings (SSSR count). The third-order valence-electron chi connectivity index (χ3n) is 1.30. The molecule has 0 amide bonds. The van der Waals surface area contributed by atoms with Gasteiger partial charge in [-0.05, 0) is 6.92 Å². The van der Waals surface area contributed by atoms with Crippen molar-refractivity contribution in [1.29, 1.82) is 0 Å². The fourth-order valence-corrected chi connectivity index (χ4v) is 1.20. The highest BCUT2D eigenvalue weighted by Crippen LogP contribution is 2.25. The first kappa shape index (κ1) is 8.51. The van der Waals surface area contributed by atoms with Crippen LogP contribution in [0.25, 0.3) is 0 Å². The van der Waals surface area contributed by atoms with E-state index in [1.807, 2.05) is 6.92 Å². The van der Waals surface area contributed by atoms with Crippen LogP contribution in [0, 0.1) is 0 Å². The van der Waals surface area contributed by atoms with Crippen molar-refractivity contribution in [3.05, 3.63) is 11.8 Å². The van der Waals surface area contributed by atoms with Crippen LogP contribution in [0.3, 0.4) is 0 Å². The van der Waals surface area contributed by atoms with Crippen LogP contribution in [0.15, 0.2) is 6.20 Å². The van der Waals surface area contributed by atoms with Gasteiger partial charge >= 0.3 is 0 Å². The van der Waals surface area contributed by atoms with Gasteiger partial charge in [-0.3, -0.25) is 0 Å². The fourth-order valence-electron chi connectivity index (χ4n) is 0.725. The molecule has 1 aromatic rings. The Labute approximate surface area is 78.5 Å². The summed E-state index contributed by atoms with van der Waals surface area (Å²) in [7, 11) is 0. The minimum Gasteiger partial charge on any atom is -0.383 e. The second-order valence-corrected chi connectivity index (χ2v) is 4.05. The van der Waals surface area contributed by atoms with E-state index in [1.54, 1.807) is 6.20 Å². The van der Waals surface area contributed by atoms with Crippen molar-refractivity contribution < 1.29 is 0 Å². The number of hydrogen-bond acceptors (Lipinski definition) is 4. The second kappa shape index (κ2) is 3.21. The minimum absolute atomic E-state index is 0.225. The van der Waals surface area contributed by atoms with Gasteiger partial charge in [-0.2, -0.15) is 4.98 Å². The maximum absolute atomic E-state index is 5.59. The van der Waals surface area contributed by atoms with E-state index < -0.39 is 0 Å². The number of nitrogen functional groups attached to an aromatic ring is 2. The highest BCUT2D eigenvalue weighted by molar-refractivity contribution is 14.1. The number of rotatable bonds is 1. The quantitative estimate of drug-likeness (QED) is 0.589. The van der Waals surface area contributed by atoms with Crippen molar-refractivity contribution in [2.24, 2.45) is 0 Å². The molecule has 4 N–H and O–H groups in total. The van der Waals surface area contributed by atoms with Crippen LogP contribution in [0.4, 0.5) is 11.8 Å². The van der Waals surface area contributed by atoms with E-state index in [-0.39, 0.29) is 5.95 Å². The average molecular weight is 264 g/mol. The zero-order chi connectivity index (χ0) is 8.43. The first-order chi connectivity index (χ1) is 5.11. The van der Waals surface area contributed by atoms with E-state index in [0.29, 0.717) is 9.74 Å². The lowest BCUT2D eigenvalue weighted by Crippen LogP contribution is -2.03. The molecule has 0 saturated carbocycles. The molecule has 60 valence electrons. The van der Waals surface area contributed by atoms with Crippen molar-refractivity contribution in [3.63, 3.8) is 0 Å². The van der Waals surface area contributed by atoms with Crippen LogP contribution in [0.1, 0.15) is 16.4 Å². The Morgan fingerprint density at radius 3 is 2.64 bits per heavy atom. The monoisotopic (exact) mass is 264 g/mol. The molecule has 1 unspecified atom stereocenters. The molecule has 0 fully saturated rings. The lowest BCUT2D eigenvalue weighted by atomic mass is 10.2. The smallest absolute Gasteiger partial charge is 0.221 e. The Hall–Kier alpha value is -0.590. The third kappa shape index (κ3) is 1.92. The molecule has 0 spiro atoms. The van der Waals surface area contributed by atoms with Crippen LogP contribution >= 0.6 is 22.6 Å². The number of nitrogens with two attached hydrogens (primary N) is 2. The summed E-state index contributed by atoms with van der Waals surface area (Å²) in [4.78, 5) is 7.68. The molecule has 4 nitrogen and oxygen atoms in total. The predicted octanol–water partition coefficient (Wildman–Crippen LogP) is 1.14. The molecular formula is C6H9IN4. The molecular weight excluding hydrogens is 255 g/mol. The molecule has 0 radical (unpaired) electrons. The maximum atomic E-state index is 5.59. The molecule has 0 aliphatic heterocycles. The van der Waals surface area contributed by atoms with Crippen molar-refractivity contribution in [2.45, 2.75) is 10.8 Å². The van der Waals surface area contributed by atoms with E-state index in [0.717, 1.165) is 5.56 Å². The Kier molecular flexibility index (Phi) is 2.48. The molecule has 11 heavy (non-hydrogen) atoms. The summed E-state index contributed by atoms with van der Waals surface area (Å²) < 4.78 is 0.313. The lowest BCUT2D eigenvalue weighted by Gasteiger charge is -2.05. The second-order valence-electron chi connectivity index (χ2n) is 2.18. The number of alkyl halides is 1. The van der Waals surface area contributed by atoms with E-state index in [4.69, 9.17) is 11.5 Å². The average Bonchev–Trinajstić information content (AvgIpc) is 1.85. The Morgan fingerprint density at radius 2 is 2.18 bits per heavy atom. The van der Waals surface area contributed by atoms with Crippen molar-refractivity contribution in [2.75, 3.05) is 11.5 Å². The van der Waals surface area contributed by atoms with Gasteiger partial charge in [0.15, 0.2) is 0 Å². The van der Waals surface area contributed by atoms with Crippen molar-refractivity contribution in [3.8, 4) is 0 Å². The summed E-state index contributed by atoms with van der Waals surface area (Å²) in [5.74, 6) is 0.697. The van der Waals surface area contributed by atoms with E-state index in [9.17, 15) is 0 Å². The van der Waals surface area contributed by atoms with Gasteiger partial charge < -0.3 is 11.5 Å². The SMILES string of the molecule is CC(I)c1cnc(N)nc1N. The van der Waals surface area contributed by atoms with Crippen LogP contribution < -0.4 is 11.5 Å². The first-order valence-corrected chi connectivity index (χ1v) is 4.37. The minimum atomic E-state index is 0.225. The summed E-state index contributed by atoms with van der Waals surface area (Å²) in [6.07, 6.45) is 1.66. The van der Waals surface area contributed by atoms with Gasteiger partial charge in [0.25, 0.3) is 0 Å². The van der Waals surface area contributed by atoms with Crippen LogP contribution in [0.5, 0.6) is 0 Å². The number of aromatic nitrogens is 2. The molecule has 0 aliphatic carbocycles. The van der Waals surface area contributed by atoms with Crippen LogP contribution in [-0.2, 0) is 0 Å². The van der Waals surface area contributed by atoms with E-state index in [2.05, 4.69) is 32.6 Å². The van der Waals surface area contributed by atoms with Crippen molar-refractivity contribution in [1.82, 2.24) is 9.97 Å². The van der Waals surface area contributed by atoms with Gasteiger partial charge in [0.1, 0.15) is 5.82 Å². The summed E-state index contributed by atoms with van der Waals surface area (Å²) in [6, 6.07) is 0. The fraction of sp³-hybridized carbons (Fsp3) is 0.333. The lowest BCUT2D eigenvalue weighted by molar-refractivity contribution is 1.07. The Balaban J connectivity index is 3.09. The summed E-state index contributed by atoms with van der Waals surface area (Å²) in [5, 5.41) is 0. The predicted molar refractivity (Wildman–Crippen MR) is 53.3 cm³/mol. The zero-order valence-electron chi connectivity index (χ0n) is 6.08. The van der Waals surface area contributed by atoms with Gasteiger partial charge in [-0.25, -0.2) is 4.98 Å². The molecule has 0 aliphatic rings. The Bertz CT molecular complexity index is 261. The molecule has 1 heterocycles. The zero-order valence-corrected chi connectivity index (χ0v) is 8.24. The van der Waals surface area contributed by atoms with Gasteiger partial charge in [0, 0.05) is 15.7 Å². The summed E-state index contributed by atoms with van der Waals surface area (Å²) >= 11 is 2.24. The molecule has 1 aromatic heterocycles. The van der Waals surface area contributed by atoms with Gasteiger partial charge in [-0.15, -0.1) is 0 Å².